The number of nitrogens with zero attached hydrogens (tertiary/aromatic N) is 3. The second kappa shape index (κ2) is 7.56. The predicted octanol–water partition coefficient (Wildman–Crippen LogP) is 1.98. The third kappa shape index (κ3) is 4.40. The maximum atomic E-state index is 12.0. The molecule has 0 saturated heterocycles. The summed E-state index contributed by atoms with van der Waals surface area (Å²) in [5, 5.41) is 17.6. The Morgan fingerprint density at radius 3 is 2.52 bits per heavy atom. The number of para-hydroxylation sites is 1. The highest BCUT2D eigenvalue weighted by Gasteiger charge is 2.24. The van der Waals surface area contributed by atoms with Gasteiger partial charge in [-0.05, 0) is 32.9 Å². The largest absolute Gasteiger partial charge is 0.451 e. The van der Waals surface area contributed by atoms with Crippen LogP contribution >= 0.6 is 0 Å². The van der Waals surface area contributed by atoms with Gasteiger partial charge in [-0.2, -0.15) is 5.10 Å². The first-order chi connectivity index (χ1) is 11.8. The van der Waals surface area contributed by atoms with Crippen LogP contribution in [0.2, 0.25) is 0 Å². The number of ether oxygens (including phenoxy) is 1. The average molecular weight is 346 g/mol. The Kier molecular flexibility index (Phi) is 5.48. The molecular formula is C16H18N4O5. The van der Waals surface area contributed by atoms with Crippen molar-refractivity contribution in [2.24, 2.45) is 0 Å². The number of rotatable bonds is 6. The van der Waals surface area contributed by atoms with E-state index in [-0.39, 0.29) is 23.6 Å². The molecule has 0 spiro atoms. The van der Waals surface area contributed by atoms with Crippen LogP contribution in [0, 0.1) is 24.0 Å². The molecule has 2 aromatic rings. The zero-order valence-corrected chi connectivity index (χ0v) is 14.1. The van der Waals surface area contributed by atoms with Crippen molar-refractivity contribution in [3.8, 4) is 0 Å². The number of benzene rings is 1. The van der Waals surface area contributed by atoms with E-state index in [1.165, 1.54) is 25.5 Å². The van der Waals surface area contributed by atoms with Gasteiger partial charge in [-0.25, -0.2) is 0 Å². The third-order valence-corrected chi connectivity index (χ3v) is 3.52. The number of carbonyl (C=O) groups excluding carboxylic acids is 2. The number of hydrogen-bond acceptors (Lipinski definition) is 6. The summed E-state index contributed by atoms with van der Waals surface area (Å²) in [4.78, 5) is 34.4. The summed E-state index contributed by atoms with van der Waals surface area (Å²) in [6.07, 6.45) is -1.01. The Morgan fingerprint density at radius 2 is 1.96 bits per heavy atom. The Balaban J connectivity index is 1.97. The van der Waals surface area contributed by atoms with Crippen molar-refractivity contribution in [1.82, 2.24) is 9.78 Å². The van der Waals surface area contributed by atoms with Crippen molar-refractivity contribution in [2.75, 3.05) is 5.32 Å². The maximum absolute atomic E-state index is 12.0. The number of esters is 1. The Hall–Kier alpha value is -3.23. The number of amides is 1. The summed E-state index contributed by atoms with van der Waals surface area (Å²) in [6.45, 7) is 4.11. The van der Waals surface area contributed by atoms with Gasteiger partial charge in [0.05, 0.1) is 4.92 Å². The molecule has 9 heteroatoms. The molecule has 0 aliphatic carbocycles. The molecule has 9 nitrogen and oxygen atoms in total. The van der Waals surface area contributed by atoms with Gasteiger partial charge in [0.2, 0.25) is 0 Å². The molecule has 132 valence electrons. The van der Waals surface area contributed by atoms with Gasteiger partial charge in [-0.3, -0.25) is 24.4 Å². The monoisotopic (exact) mass is 346 g/mol. The van der Waals surface area contributed by atoms with E-state index in [2.05, 4.69) is 10.4 Å². The smallest absolute Gasteiger partial charge is 0.328 e. The van der Waals surface area contributed by atoms with Crippen molar-refractivity contribution >= 4 is 23.3 Å². The van der Waals surface area contributed by atoms with E-state index in [1.54, 1.807) is 24.3 Å². The number of nitrogens with one attached hydrogen (secondary N) is 1. The van der Waals surface area contributed by atoms with E-state index < -0.39 is 22.9 Å². The van der Waals surface area contributed by atoms with E-state index in [0.29, 0.717) is 5.69 Å². The van der Waals surface area contributed by atoms with E-state index in [9.17, 15) is 19.7 Å². The Bertz CT molecular complexity index is 800. The second-order valence-electron chi connectivity index (χ2n) is 5.42. The maximum Gasteiger partial charge on any atom is 0.328 e. The Morgan fingerprint density at radius 1 is 1.32 bits per heavy atom. The van der Waals surface area contributed by atoms with Crippen molar-refractivity contribution in [3.63, 3.8) is 0 Å². The third-order valence-electron chi connectivity index (χ3n) is 3.52. The molecule has 0 aliphatic heterocycles. The van der Waals surface area contributed by atoms with Crippen molar-refractivity contribution < 1.29 is 19.2 Å². The quantitative estimate of drug-likeness (QED) is 0.485. The molecule has 0 saturated carbocycles. The highest BCUT2D eigenvalue weighted by atomic mass is 16.6. The van der Waals surface area contributed by atoms with Gasteiger partial charge >= 0.3 is 11.7 Å². The lowest BCUT2D eigenvalue weighted by Crippen LogP contribution is -2.31. The van der Waals surface area contributed by atoms with Crippen molar-refractivity contribution in [2.45, 2.75) is 33.4 Å². The highest BCUT2D eigenvalue weighted by molar-refractivity contribution is 5.95. The van der Waals surface area contributed by atoms with Gasteiger partial charge in [0.25, 0.3) is 5.91 Å². The molecule has 0 unspecified atom stereocenters. The second-order valence-corrected chi connectivity index (χ2v) is 5.42. The lowest BCUT2D eigenvalue weighted by atomic mass is 10.3. The minimum Gasteiger partial charge on any atom is -0.451 e. The Labute approximate surface area is 143 Å². The van der Waals surface area contributed by atoms with E-state index in [4.69, 9.17) is 4.74 Å². The summed E-state index contributed by atoms with van der Waals surface area (Å²) in [6, 6.07) is 8.76. The number of aromatic nitrogens is 2. The van der Waals surface area contributed by atoms with Crippen LogP contribution in [0.25, 0.3) is 0 Å². The number of hydrogen-bond donors (Lipinski definition) is 1. The van der Waals surface area contributed by atoms with Crippen LogP contribution in [0.1, 0.15) is 18.3 Å². The van der Waals surface area contributed by atoms with Gasteiger partial charge in [0.1, 0.15) is 17.9 Å². The summed E-state index contributed by atoms with van der Waals surface area (Å²) < 4.78 is 6.26. The highest BCUT2D eigenvalue weighted by Crippen LogP contribution is 2.21. The van der Waals surface area contributed by atoms with Crippen LogP contribution in [-0.4, -0.2) is 32.7 Å². The molecule has 0 radical (unpaired) electrons. The molecule has 0 aliphatic rings. The standard InChI is InChI=1S/C16H18N4O5/c1-10-15(20(23)24)11(2)19(18-10)9-14(21)25-12(3)16(22)17-13-7-5-4-6-8-13/h4-8,12H,9H2,1-3H3,(H,17,22)/t12-/m0/s1. The summed E-state index contributed by atoms with van der Waals surface area (Å²) >= 11 is 0. The lowest BCUT2D eigenvalue weighted by molar-refractivity contribution is -0.386. The van der Waals surface area contributed by atoms with E-state index >= 15 is 0 Å². The molecule has 0 bridgehead atoms. The number of aryl methyl sites for hydroxylation is 1. The average Bonchev–Trinajstić information content (AvgIpc) is 2.82. The minimum absolute atomic E-state index is 0.136. The van der Waals surface area contributed by atoms with Gasteiger partial charge in [-0.15, -0.1) is 0 Å². The number of nitro groups is 1. The molecule has 25 heavy (non-hydrogen) atoms. The molecule has 1 atom stereocenters. The molecular weight excluding hydrogens is 328 g/mol. The van der Waals surface area contributed by atoms with Crippen LogP contribution in [0.3, 0.4) is 0 Å². The van der Waals surface area contributed by atoms with Crippen LogP contribution in [-0.2, 0) is 20.9 Å². The van der Waals surface area contributed by atoms with Crippen molar-refractivity contribution in [3.05, 3.63) is 51.8 Å². The van der Waals surface area contributed by atoms with Crippen LogP contribution in [0.5, 0.6) is 0 Å². The fourth-order valence-electron chi connectivity index (χ4n) is 2.28. The molecule has 1 amide bonds. The first-order valence-corrected chi connectivity index (χ1v) is 7.53. The predicted molar refractivity (Wildman–Crippen MR) is 89.0 cm³/mol. The molecule has 0 fully saturated rings. The molecule has 1 aromatic carbocycles. The summed E-state index contributed by atoms with van der Waals surface area (Å²) in [5.41, 5.74) is 0.915. The summed E-state index contributed by atoms with van der Waals surface area (Å²) in [7, 11) is 0. The van der Waals surface area contributed by atoms with Crippen LogP contribution in [0.15, 0.2) is 30.3 Å². The van der Waals surface area contributed by atoms with Gasteiger partial charge in [0, 0.05) is 5.69 Å². The lowest BCUT2D eigenvalue weighted by Gasteiger charge is -2.13. The number of anilines is 1. The summed E-state index contributed by atoms with van der Waals surface area (Å²) in [5.74, 6) is -1.19. The molecule has 2 rings (SSSR count). The van der Waals surface area contributed by atoms with E-state index in [1.807, 2.05) is 6.07 Å². The van der Waals surface area contributed by atoms with E-state index in [0.717, 1.165) is 0 Å². The van der Waals surface area contributed by atoms with Gasteiger partial charge in [0.15, 0.2) is 6.10 Å². The normalized spacial score (nSPS) is 11.6. The minimum atomic E-state index is -1.01. The van der Waals surface area contributed by atoms with Crippen molar-refractivity contribution in [1.29, 1.82) is 0 Å². The molecule has 1 aromatic heterocycles. The molecule has 1 heterocycles. The van der Waals surface area contributed by atoms with Gasteiger partial charge in [-0.1, -0.05) is 18.2 Å². The number of carbonyl (C=O) groups is 2. The first-order valence-electron chi connectivity index (χ1n) is 7.53. The van der Waals surface area contributed by atoms with Crippen LogP contribution < -0.4 is 5.32 Å². The van der Waals surface area contributed by atoms with Gasteiger partial charge < -0.3 is 10.1 Å². The fourth-order valence-corrected chi connectivity index (χ4v) is 2.28. The zero-order chi connectivity index (χ0) is 18.6. The molecule has 1 N–H and O–H groups in total. The fraction of sp³-hybridized carbons (Fsp3) is 0.312. The zero-order valence-electron chi connectivity index (χ0n) is 14.1. The topological polar surface area (TPSA) is 116 Å². The SMILES string of the molecule is Cc1nn(CC(=O)O[C@@H](C)C(=O)Nc2ccccc2)c(C)c1[N+](=O)[O-]. The first kappa shape index (κ1) is 18.1. The van der Waals surface area contributed by atoms with Crippen LogP contribution in [0.4, 0.5) is 11.4 Å².